The van der Waals surface area contributed by atoms with Crippen LogP contribution in [0.5, 0.6) is 0 Å². The summed E-state index contributed by atoms with van der Waals surface area (Å²) >= 11 is 0. The van der Waals surface area contributed by atoms with Crippen molar-refractivity contribution in [3.8, 4) is 6.07 Å². The second kappa shape index (κ2) is 10.8. The molecule has 1 unspecified atom stereocenters. The van der Waals surface area contributed by atoms with Gasteiger partial charge < -0.3 is 9.64 Å². The van der Waals surface area contributed by atoms with Crippen molar-refractivity contribution < 1.29 is 19.1 Å². The maximum atomic E-state index is 13.3. The lowest BCUT2D eigenvalue weighted by molar-refractivity contribution is -0.162. The third-order valence-electron chi connectivity index (χ3n) is 5.05. The summed E-state index contributed by atoms with van der Waals surface area (Å²) in [6, 6.07) is 14.0. The number of carbonyl (C=O) groups is 3. The Labute approximate surface area is 195 Å². The average molecular weight is 450 g/mol. The quantitative estimate of drug-likeness (QED) is 0.356. The number of ketones is 1. The molecule has 0 fully saturated rings. The largest absolute Gasteiger partial charge is 0.453 e. The molecule has 174 valence electrons. The van der Waals surface area contributed by atoms with Crippen LogP contribution in [0.1, 0.15) is 50.5 Å². The zero-order chi connectivity index (χ0) is 24.8. The molecule has 33 heavy (non-hydrogen) atoms. The number of esters is 1. The number of nitriles is 1. The maximum Gasteiger partial charge on any atom is 0.397 e. The number of ether oxygens (including phenoxy) is 1. The fraction of sp³-hybridized carbons (Fsp3) is 0.385. The second-order valence-electron chi connectivity index (χ2n) is 8.58. The van der Waals surface area contributed by atoms with E-state index in [1.807, 2.05) is 32.0 Å². The Bertz CT molecular complexity index is 1050. The maximum absolute atomic E-state index is 13.3. The van der Waals surface area contributed by atoms with E-state index in [-0.39, 0.29) is 5.56 Å². The third kappa shape index (κ3) is 6.19. The highest BCUT2D eigenvalue weighted by atomic mass is 16.6. The number of nitrogens with zero attached hydrogens (tertiary/aromatic N) is 3. The van der Waals surface area contributed by atoms with Gasteiger partial charge in [-0.1, -0.05) is 30.3 Å². The summed E-state index contributed by atoms with van der Waals surface area (Å²) in [4.78, 5) is 42.3. The van der Waals surface area contributed by atoms with E-state index in [4.69, 9.17) is 4.74 Å². The summed E-state index contributed by atoms with van der Waals surface area (Å²) in [6.07, 6.45) is 0. The van der Waals surface area contributed by atoms with Gasteiger partial charge in [-0.3, -0.25) is 14.5 Å². The van der Waals surface area contributed by atoms with E-state index in [2.05, 4.69) is 4.90 Å². The van der Waals surface area contributed by atoms with Gasteiger partial charge in [-0.05, 0) is 65.3 Å². The van der Waals surface area contributed by atoms with Crippen LogP contribution < -0.4 is 9.80 Å². The fourth-order valence-electron chi connectivity index (χ4n) is 3.48. The van der Waals surface area contributed by atoms with E-state index >= 15 is 0 Å². The predicted molar refractivity (Wildman–Crippen MR) is 128 cm³/mol. The molecule has 0 saturated heterocycles. The minimum atomic E-state index is -1.54. The highest BCUT2D eigenvalue weighted by molar-refractivity contribution is 6.39. The van der Waals surface area contributed by atoms with Crippen LogP contribution in [-0.4, -0.2) is 42.4 Å². The van der Waals surface area contributed by atoms with Crippen molar-refractivity contribution in [2.45, 2.75) is 53.2 Å². The van der Waals surface area contributed by atoms with E-state index in [1.54, 1.807) is 64.1 Å². The van der Waals surface area contributed by atoms with Crippen molar-refractivity contribution in [2.75, 3.05) is 22.9 Å². The van der Waals surface area contributed by atoms with Crippen LogP contribution in [0.2, 0.25) is 0 Å². The van der Waals surface area contributed by atoms with Crippen LogP contribution >= 0.6 is 0 Å². The van der Waals surface area contributed by atoms with Crippen molar-refractivity contribution in [1.29, 1.82) is 5.26 Å². The highest BCUT2D eigenvalue weighted by Gasteiger charge is 2.38. The van der Waals surface area contributed by atoms with Gasteiger partial charge in [0.05, 0.1) is 6.07 Å². The van der Waals surface area contributed by atoms with Crippen molar-refractivity contribution in [2.24, 2.45) is 0 Å². The molecule has 0 bridgehead atoms. The first kappa shape index (κ1) is 25.6. The summed E-state index contributed by atoms with van der Waals surface area (Å²) in [5, 5.41) is 9.94. The topological polar surface area (TPSA) is 90.7 Å². The zero-order valence-electron chi connectivity index (χ0n) is 20.1. The number of aryl methyl sites for hydroxylation is 1. The Kier molecular flexibility index (Phi) is 8.36. The number of carbonyl (C=O) groups excluding carboxylic acids is 3. The molecule has 1 atom stereocenters. The van der Waals surface area contributed by atoms with Gasteiger partial charge in [0, 0.05) is 30.0 Å². The van der Waals surface area contributed by atoms with Crippen LogP contribution in [0.25, 0.3) is 0 Å². The Balaban J connectivity index is 2.60. The summed E-state index contributed by atoms with van der Waals surface area (Å²) in [5.74, 6) is -2.78. The lowest BCUT2D eigenvalue weighted by atomic mass is 10.0. The molecule has 0 N–H and O–H groups in total. The number of amides is 1. The van der Waals surface area contributed by atoms with E-state index in [0.29, 0.717) is 11.3 Å². The second-order valence-corrected chi connectivity index (χ2v) is 8.58. The van der Waals surface area contributed by atoms with Gasteiger partial charge in [0.2, 0.25) is 0 Å². The molecule has 0 heterocycles. The molecule has 0 aliphatic rings. The Morgan fingerprint density at radius 3 is 2.12 bits per heavy atom. The number of anilines is 2. The summed E-state index contributed by atoms with van der Waals surface area (Å²) < 4.78 is 5.26. The van der Waals surface area contributed by atoms with E-state index < -0.39 is 29.3 Å². The fourth-order valence-corrected chi connectivity index (χ4v) is 3.48. The SMILES string of the molecule is CCN(CC)c1ccc(N(C(=O)C(=O)OC(C)(C)C)C(C#N)C(=O)c2ccccc2)c(C)c1. The lowest BCUT2D eigenvalue weighted by Gasteiger charge is -2.30. The number of rotatable bonds is 7. The Morgan fingerprint density at radius 1 is 1.03 bits per heavy atom. The van der Waals surface area contributed by atoms with Gasteiger partial charge >= 0.3 is 11.9 Å². The van der Waals surface area contributed by atoms with Gasteiger partial charge in [-0.15, -0.1) is 0 Å². The molecule has 7 heteroatoms. The predicted octanol–water partition coefficient (Wildman–Crippen LogP) is 4.29. The van der Waals surface area contributed by atoms with Crippen LogP contribution in [0.4, 0.5) is 11.4 Å². The van der Waals surface area contributed by atoms with Crippen molar-refractivity contribution in [3.05, 3.63) is 59.7 Å². The zero-order valence-corrected chi connectivity index (χ0v) is 20.1. The normalized spacial score (nSPS) is 11.8. The minimum Gasteiger partial charge on any atom is -0.453 e. The van der Waals surface area contributed by atoms with Crippen LogP contribution in [0, 0.1) is 18.3 Å². The van der Waals surface area contributed by atoms with Gasteiger partial charge in [-0.25, -0.2) is 4.79 Å². The minimum absolute atomic E-state index is 0.267. The van der Waals surface area contributed by atoms with Gasteiger partial charge in [0.15, 0.2) is 11.8 Å². The molecule has 7 nitrogen and oxygen atoms in total. The molecule has 0 aliphatic carbocycles. The highest BCUT2D eigenvalue weighted by Crippen LogP contribution is 2.29. The van der Waals surface area contributed by atoms with Crippen molar-refractivity contribution in [3.63, 3.8) is 0 Å². The van der Waals surface area contributed by atoms with Gasteiger partial charge in [0.1, 0.15) is 5.60 Å². The third-order valence-corrected chi connectivity index (χ3v) is 5.05. The molecule has 1 amide bonds. The lowest BCUT2D eigenvalue weighted by Crippen LogP contribution is -2.49. The first-order valence-corrected chi connectivity index (χ1v) is 10.9. The standard InChI is InChI=1S/C26H31N3O4/c1-7-28(8-2)20-14-15-21(18(3)16-20)29(24(31)25(32)33-26(4,5)6)22(17-27)23(30)19-12-10-9-11-13-19/h9-16,22H,7-8H2,1-6H3. The van der Waals surface area contributed by atoms with E-state index in [1.165, 1.54) is 0 Å². The summed E-state index contributed by atoms with van der Waals surface area (Å²) in [5.41, 5.74) is 1.25. The molecule has 0 spiro atoms. The molecular formula is C26H31N3O4. The number of hydrogen-bond donors (Lipinski definition) is 0. The van der Waals surface area contributed by atoms with E-state index in [0.717, 1.165) is 23.7 Å². The first-order valence-electron chi connectivity index (χ1n) is 10.9. The van der Waals surface area contributed by atoms with Crippen molar-refractivity contribution in [1.82, 2.24) is 0 Å². The van der Waals surface area contributed by atoms with Crippen LogP contribution in [-0.2, 0) is 14.3 Å². The first-order chi connectivity index (χ1) is 15.5. The Hall–Kier alpha value is -3.66. The van der Waals surface area contributed by atoms with Crippen LogP contribution in [0.3, 0.4) is 0 Å². The molecule has 2 aromatic carbocycles. The van der Waals surface area contributed by atoms with Gasteiger partial charge in [0.25, 0.3) is 0 Å². The van der Waals surface area contributed by atoms with Gasteiger partial charge in [-0.2, -0.15) is 5.26 Å². The number of benzene rings is 2. The molecule has 2 rings (SSSR count). The van der Waals surface area contributed by atoms with Crippen LogP contribution in [0.15, 0.2) is 48.5 Å². The molecule has 0 radical (unpaired) electrons. The molecule has 0 aliphatic heterocycles. The molecule has 0 saturated carbocycles. The van der Waals surface area contributed by atoms with E-state index in [9.17, 15) is 19.6 Å². The number of Topliss-reactive ketones (excluding diaryl/α,β-unsaturated/α-hetero) is 1. The van der Waals surface area contributed by atoms with Crippen molar-refractivity contribution >= 4 is 29.0 Å². The molecular weight excluding hydrogens is 418 g/mol. The molecule has 2 aromatic rings. The smallest absolute Gasteiger partial charge is 0.397 e. The Morgan fingerprint density at radius 2 is 1.64 bits per heavy atom. The summed E-state index contributed by atoms with van der Waals surface area (Å²) in [6.45, 7) is 12.4. The molecule has 0 aromatic heterocycles. The average Bonchev–Trinajstić information content (AvgIpc) is 2.77. The monoisotopic (exact) mass is 449 g/mol. The summed E-state index contributed by atoms with van der Waals surface area (Å²) in [7, 11) is 0. The number of hydrogen-bond acceptors (Lipinski definition) is 6.